The molecule has 2 aromatic rings. The maximum absolute atomic E-state index is 13.5. The number of amides is 1. The summed E-state index contributed by atoms with van der Waals surface area (Å²) < 4.78 is 13.5. The lowest BCUT2D eigenvalue weighted by molar-refractivity contribution is 0.0627. The minimum absolute atomic E-state index is 0.103. The van der Waals surface area contributed by atoms with Crippen molar-refractivity contribution in [2.45, 2.75) is 13.0 Å². The zero-order chi connectivity index (χ0) is 15.5. The van der Waals surface area contributed by atoms with Crippen molar-refractivity contribution in [3.63, 3.8) is 0 Å². The van der Waals surface area contributed by atoms with E-state index in [2.05, 4.69) is 10.3 Å². The quantitative estimate of drug-likeness (QED) is 0.925. The van der Waals surface area contributed by atoms with E-state index < -0.39 is 0 Å². The summed E-state index contributed by atoms with van der Waals surface area (Å²) in [6.07, 6.45) is 1.62. The zero-order valence-corrected chi connectivity index (χ0v) is 12.4. The number of carbonyl (C=O) groups is 1. The Morgan fingerprint density at radius 1 is 1.36 bits per heavy atom. The van der Waals surface area contributed by atoms with Gasteiger partial charge >= 0.3 is 0 Å². The van der Waals surface area contributed by atoms with Crippen LogP contribution in [0, 0.1) is 12.7 Å². The summed E-state index contributed by atoms with van der Waals surface area (Å²) in [5.74, 6) is -0.390. The fourth-order valence-electron chi connectivity index (χ4n) is 2.80. The smallest absolute Gasteiger partial charge is 0.273 e. The van der Waals surface area contributed by atoms with E-state index in [0.29, 0.717) is 18.8 Å². The van der Waals surface area contributed by atoms with Crippen LogP contribution in [0.5, 0.6) is 0 Å². The summed E-state index contributed by atoms with van der Waals surface area (Å²) in [7, 11) is 0. The minimum atomic E-state index is -0.288. The van der Waals surface area contributed by atoms with Gasteiger partial charge in [0.05, 0.1) is 6.04 Å². The van der Waals surface area contributed by atoms with Gasteiger partial charge in [-0.2, -0.15) is 0 Å². The van der Waals surface area contributed by atoms with Gasteiger partial charge in [0, 0.05) is 25.8 Å². The molecule has 0 spiro atoms. The number of nitrogens with zero attached hydrogens (tertiary/aromatic N) is 2. The Kier molecular flexibility index (Phi) is 4.15. The van der Waals surface area contributed by atoms with Gasteiger partial charge in [-0.05, 0) is 36.2 Å². The average Bonchev–Trinajstić information content (AvgIpc) is 2.55. The number of piperazine rings is 1. The van der Waals surface area contributed by atoms with Gasteiger partial charge in [-0.15, -0.1) is 0 Å². The van der Waals surface area contributed by atoms with Crippen LogP contribution in [-0.4, -0.2) is 35.4 Å². The Hall–Kier alpha value is -2.27. The number of rotatable bonds is 2. The molecule has 0 saturated carbocycles. The third kappa shape index (κ3) is 2.85. The standard InChI is InChI=1S/C17H18FN3O/c1-12-4-3-7-20-16(12)17(22)21-9-8-19-11-15(21)13-5-2-6-14(18)10-13/h2-7,10,15,19H,8-9,11H2,1H3. The van der Waals surface area contributed by atoms with Crippen molar-refractivity contribution in [3.05, 3.63) is 65.2 Å². The Morgan fingerprint density at radius 2 is 2.23 bits per heavy atom. The Labute approximate surface area is 129 Å². The maximum atomic E-state index is 13.5. The fraction of sp³-hybridized carbons (Fsp3) is 0.294. The molecule has 1 N–H and O–H groups in total. The molecular weight excluding hydrogens is 281 g/mol. The minimum Gasteiger partial charge on any atom is -0.328 e. The molecular formula is C17H18FN3O. The average molecular weight is 299 g/mol. The van der Waals surface area contributed by atoms with Crippen molar-refractivity contribution in [2.24, 2.45) is 0 Å². The van der Waals surface area contributed by atoms with E-state index in [0.717, 1.165) is 17.7 Å². The molecule has 1 saturated heterocycles. The first-order chi connectivity index (χ1) is 10.7. The molecule has 1 fully saturated rings. The van der Waals surface area contributed by atoms with E-state index in [1.165, 1.54) is 12.1 Å². The lowest BCUT2D eigenvalue weighted by Gasteiger charge is -2.36. The number of hydrogen-bond donors (Lipinski definition) is 1. The van der Waals surface area contributed by atoms with Gasteiger partial charge in [-0.25, -0.2) is 4.39 Å². The molecule has 114 valence electrons. The van der Waals surface area contributed by atoms with E-state index in [4.69, 9.17) is 0 Å². The lowest BCUT2D eigenvalue weighted by atomic mass is 10.0. The van der Waals surface area contributed by atoms with Crippen molar-refractivity contribution in [3.8, 4) is 0 Å². The summed E-state index contributed by atoms with van der Waals surface area (Å²) in [5, 5.41) is 3.27. The second-order valence-corrected chi connectivity index (χ2v) is 5.44. The van der Waals surface area contributed by atoms with Crippen LogP contribution in [-0.2, 0) is 0 Å². The molecule has 3 rings (SSSR count). The summed E-state index contributed by atoms with van der Waals surface area (Å²) in [4.78, 5) is 18.8. The number of pyridine rings is 1. The van der Waals surface area contributed by atoms with Crippen LogP contribution < -0.4 is 5.32 Å². The van der Waals surface area contributed by atoms with E-state index >= 15 is 0 Å². The van der Waals surface area contributed by atoms with Gasteiger partial charge in [-0.3, -0.25) is 9.78 Å². The molecule has 22 heavy (non-hydrogen) atoms. The van der Waals surface area contributed by atoms with E-state index in [1.54, 1.807) is 17.2 Å². The molecule has 1 unspecified atom stereocenters. The highest BCUT2D eigenvalue weighted by molar-refractivity contribution is 5.94. The molecule has 2 heterocycles. The second kappa shape index (κ2) is 6.23. The van der Waals surface area contributed by atoms with Crippen LogP contribution in [0.3, 0.4) is 0 Å². The molecule has 1 aromatic heterocycles. The molecule has 5 heteroatoms. The monoisotopic (exact) mass is 299 g/mol. The predicted octanol–water partition coefficient (Wildman–Crippen LogP) is 2.32. The van der Waals surface area contributed by atoms with Crippen molar-refractivity contribution in [2.75, 3.05) is 19.6 Å². The topological polar surface area (TPSA) is 45.2 Å². The van der Waals surface area contributed by atoms with Gasteiger partial charge in [0.15, 0.2) is 0 Å². The molecule has 1 aliphatic heterocycles. The van der Waals surface area contributed by atoms with Crippen LogP contribution >= 0.6 is 0 Å². The number of carbonyl (C=O) groups excluding carboxylic acids is 1. The number of aromatic nitrogens is 1. The summed E-state index contributed by atoms with van der Waals surface area (Å²) in [6, 6.07) is 9.93. The summed E-state index contributed by atoms with van der Waals surface area (Å²) in [6.45, 7) is 3.79. The first-order valence-electron chi connectivity index (χ1n) is 7.35. The molecule has 0 radical (unpaired) electrons. The van der Waals surface area contributed by atoms with Gasteiger partial charge in [0.2, 0.25) is 0 Å². The van der Waals surface area contributed by atoms with E-state index in [9.17, 15) is 9.18 Å². The molecule has 4 nitrogen and oxygen atoms in total. The highest BCUT2D eigenvalue weighted by atomic mass is 19.1. The Balaban J connectivity index is 1.93. The van der Waals surface area contributed by atoms with Gasteiger partial charge < -0.3 is 10.2 Å². The number of aryl methyl sites for hydroxylation is 1. The first-order valence-corrected chi connectivity index (χ1v) is 7.35. The second-order valence-electron chi connectivity index (χ2n) is 5.44. The highest BCUT2D eigenvalue weighted by Gasteiger charge is 2.30. The number of hydrogen-bond acceptors (Lipinski definition) is 3. The highest BCUT2D eigenvalue weighted by Crippen LogP contribution is 2.25. The van der Waals surface area contributed by atoms with Crippen LogP contribution in [0.1, 0.15) is 27.7 Å². The maximum Gasteiger partial charge on any atom is 0.273 e. The SMILES string of the molecule is Cc1cccnc1C(=O)N1CCNCC1c1cccc(F)c1. The first kappa shape index (κ1) is 14.7. The molecule has 0 aliphatic carbocycles. The number of halogens is 1. The lowest BCUT2D eigenvalue weighted by Crippen LogP contribution is -2.49. The van der Waals surface area contributed by atoms with Crippen LogP contribution in [0.2, 0.25) is 0 Å². The Bertz CT molecular complexity index is 689. The molecule has 1 aliphatic rings. The fourth-order valence-corrected chi connectivity index (χ4v) is 2.80. The summed E-state index contributed by atoms with van der Waals surface area (Å²) in [5.41, 5.74) is 2.11. The van der Waals surface area contributed by atoms with Crippen molar-refractivity contribution in [1.82, 2.24) is 15.2 Å². The Morgan fingerprint density at radius 3 is 3.00 bits per heavy atom. The van der Waals surface area contributed by atoms with Crippen LogP contribution in [0.25, 0.3) is 0 Å². The molecule has 1 aromatic carbocycles. The van der Waals surface area contributed by atoms with Crippen LogP contribution in [0.15, 0.2) is 42.6 Å². The number of nitrogens with one attached hydrogen (secondary N) is 1. The number of benzene rings is 1. The van der Waals surface area contributed by atoms with Crippen molar-refractivity contribution >= 4 is 5.91 Å². The van der Waals surface area contributed by atoms with Crippen molar-refractivity contribution in [1.29, 1.82) is 0 Å². The van der Waals surface area contributed by atoms with Gasteiger partial charge in [0.25, 0.3) is 5.91 Å². The summed E-state index contributed by atoms with van der Waals surface area (Å²) >= 11 is 0. The molecule has 1 atom stereocenters. The third-order valence-corrected chi connectivity index (χ3v) is 3.95. The van der Waals surface area contributed by atoms with Crippen LogP contribution in [0.4, 0.5) is 4.39 Å². The van der Waals surface area contributed by atoms with Gasteiger partial charge in [0.1, 0.15) is 11.5 Å². The third-order valence-electron chi connectivity index (χ3n) is 3.95. The largest absolute Gasteiger partial charge is 0.328 e. The predicted molar refractivity (Wildman–Crippen MR) is 82.0 cm³/mol. The molecule has 0 bridgehead atoms. The van der Waals surface area contributed by atoms with E-state index in [1.807, 2.05) is 25.1 Å². The van der Waals surface area contributed by atoms with Crippen molar-refractivity contribution < 1.29 is 9.18 Å². The molecule has 1 amide bonds. The normalized spacial score (nSPS) is 18.3. The van der Waals surface area contributed by atoms with Gasteiger partial charge in [-0.1, -0.05) is 18.2 Å². The zero-order valence-electron chi connectivity index (χ0n) is 12.4. The van der Waals surface area contributed by atoms with E-state index in [-0.39, 0.29) is 17.8 Å².